The van der Waals surface area contributed by atoms with Crippen LogP contribution in [0.3, 0.4) is 0 Å². The highest BCUT2D eigenvalue weighted by atomic mass is 16.5. The summed E-state index contributed by atoms with van der Waals surface area (Å²) in [6, 6.07) is 3.62. The Kier molecular flexibility index (Phi) is 11.1. The lowest BCUT2D eigenvalue weighted by atomic mass is 10.3. The number of nitrogens with one attached hydrogen (secondary N) is 1. The van der Waals surface area contributed by atoms with Crippen LogP contribution in [-0.2, 0) is 16.1 Å². The summed E-state index contributed by atoms with van der Waals surface area (Å²) in [6.45, 7) is 4.28. The molecule has 126 valence electrons. The molecule has 23 heavy (non-hydrogen) atoms. The molecule has 5 nitrogen and oxygen atoms in total. The van der Waals surface area contributed by atoms with Crippen LogP contribution in [0, 0.1) is 0 Å². The van der Waals surface area contributed by atoms with Crippen LogP contribution in [0.15, 0.2) is 48.8 Å². The summed E-state index contributed by atoms with van der Waals surface area (Å²) in [6.07, 6.45) is 14.0. The summed E-state index contributed by atoms with van der Waals surface area (Å²) in [5.74, 6) is 0. The van der Waals surface area contributed by atoms with Gasteiger partial charge < -0.3 is 14.8 Å². The lowest BCUT2D eigenvalue weighted by Crippen LogP contribution is -2.24. The van der Waals surface area contributed by atoms with E-state index in [4.69, 9.17) is 9.47 Å². The number of hydrogen-bond acceptors (Lipinski definition) is 4. The molecule has 0 aliphatic rings. The molecule has 0 aliphatic heterocycles. The second-order valence-corrected chi connectivity index (χ2v) is 4.95. The van der Waals surface area contributed by atoms with Crippen LogP contribution in [0.4, 0.5) is 4.79 Å². The Morgan fingerprint density at radius 1 is 1.22 bits per heavy atom. The SMILES string of the molecule is CCCCCOC/C=C/C=C/CNC(=O)OCc1ccncc1. The van der Waals surface area contributed by atoms with Gasteiger partial charge in [0.15, 0.2) is 0 Å². The first-order chi connectivity index (χ1) is 11.3. The maximum atomic E-state index is 11.5. The van der Waals surface area contributed by atoms with Crippen LogP contribution >= 0.6 is 0 Å². The number of carbonyl (C=O) groups is 1. The number of unbranched alkanes of at least 4 members (excludes halogenated alkanes) is 2. The molecular weight excluding hydrogens is 292 g/mol. The zero-order valence-electron chi connectivity index (χ0n) is 13.7. The van der Waals surface area contributed by atoms with E-state index in [1.807, 2.05) is 36.4 Å². The molecule has 0 unspecified atom stereocenters. The van der Waals surface area contributed by atoms with Gasteiger partial charge in [0, 0.05) is 25.5 Å². The van der Waals surface area contributed by atoms with E-state index >= 15 is 0 Å². The smallest absolute Gasteiger partial charge is 0.407 e. The zero-order chi connectivity index (χ0) is 16.6. The molecule has 0 fully saturated rings. The van der Waals surface area contributed by atoms with Crippen LogP contribution in [0.25, 0.3) is 0 Å². The van der Waals surface area contributed by atoms with Crippen LogP contribution < -0.4 is 5.32 Å². The van der Waals surface area contributed by atoms with E-state index < -0.39 is 6.09 Å². The average molecular weight is 318 g/mol. The van der Waals surface area contributed by atoms with E-state index in [1.54, 1.807) is 12.4 Å². The lowest BCUT2D eigenvalue weighted by molar-refractivity contribution is 0.140. The Balaban J connectivity index is 1.99. The minimum Gasteiger partial charge on any atom is -0.445 e. The topological polar surface area (TPSA) is 60.5 Å². The number of allylic oxidation sites excluding steroid dienone is 2. The minimum absolute atomic E-state index is 0.243. The van der Waals surface area contributed by atoms with Gasteiger partial charge in [0.1, 0.15) is 6.61 Å². The Morgan fingerprint density at radius 3 is 2.78 bits per heavy atom. The molecule has 0 aromatic carbocycles. The van der Waals surface area contributed by atoms with Crippen LogP contribution in [0.1, 0.15) is 31.7 Å². The first-order valence-corrected chi connectivity index (χ1v) is 8.02. The van der Waals surface area contributed by atoms with Crippen molar-refractivity contribution in [1.82, 2.24) is 10.3 Å². The molecule has 0 saturated carbocycles. The van der Waals surface area contributed by atoms with Crippen LogP contribution in [-0.4, -0.2) is 30.8 Å². The van der Waals surface area contributed by atoms with Gasteiger partial charge >= 0.3 is 6.09 Å². The van der Waals surface area contributed by atoms with E-state index in [-0.39, 0.29) is 6.61 Å². The number of rotatable bonds is 11. The van der Waals surface area contributed by atoms with Crippen LogP contribution in [0.2, 0.25) is 0 Å². The first kappa shape index (κ1) is 18.9. The van der Waals surface area contributed by atoms with Crippen molar-refractivity contribution in [1.29, 1.82) is 0 Å². The van der Waals surface area contributed by atoms with Crippen LogP contribution in [0.5, 0.6) is 0 Å². The molecule has 0 aliphatic carbocycles. The quantitative estimate of drug-likeness (QED) is 0.500. The largest absolute Gasteiger partial charge is 0.445 e. The summed E-state index contributed by atoms with van der Waals surface area (Å²) in [4.78, 5) is 15.4. The van der Waals surface area contributed by atoms with Gasteiger partial charge in [0.2, 0.25) is 0 Å². The van der Waals surface area contributed by atoms with E-state index in [2.05, 4.69) is 17.2 Å². The number of carbonyl (C=O) groups excluding carboxylic acids is 1. The average Bonchev–Trinajstić information content (AvgIpc) is 2.59. The molecule has 1 N–H and O–H groups in total. The fourth-order valence-electron chi connectivity index (χ4n) is 1.71. The zero-order valence-corrected chi connectivity index (χ0v) is 13.7. The summed E-state index contributed by atoms with van der Waals surface area (Å²) in [5, 5.41) is 2.65. The van der Waals surface area contributed by atoms with E-state index in [9.17, 15) is 4.79 Å². The molecule has 0 saturated heterocycles. The highest BCUT2D eigenvalue weighted by Gasteiger charge is 1.99. The summed E-state index contributed by atoms with van der Waals surface area (Å²) in [7, 11) is 0. The number of aromatic nitrogens is 1. The molecule has 1 heterocycles. The normalized spacial score (nSPS) is 11.2. The van der Waals surface area contributed by atoms with Gasteiger partial charge in [0.25, 0.3) is 0 Å². The van der Waals surface area contributed by atoms with Gasteiger partial charge in [-0.05, 0) is 24.1 Å². The molecule has 5 heteroatoms. The molecule has 0 bridgehead atoms. The maximum Gasteiger partial charge on any atom is 0.407 e. The Hall–Kier alpha value is -2.14. The number of pyridine rings is 1. The van der Waals surface area contributed by atoms with Crippen molar-refractivity contribution in [2.24, 2.45) is 0 Å². The van der Waals surface area contributed by atoms with Gasteiger partial charge in [-0.1, -0.05) is 44.1 Å². The number of alkyl carbamates (subject to hydrolysis) is 1. The second kappa shape index (κ2) is 13.5. The third-order valence-corrected chi connectivity index (χ3v) is 2.97. The maximum absolute atomic E-state index is 11.5. The molecule has 0 spiro atoms. The van der Waals surface area contributed by atoms with E-state index in [1.165, 1.54) is 12.8 Å². The Bertz CT molecular complexity index is 472. The molecule has 0 radical (unpaired) electrons. The van der Waals surface area contributed by atoms with Gasteiger partial charge in [-0.15, -0.1) is 0 Å². The standard InChI is InChI=1S/C18H26N2O3/c1-2-3-7-14-22-15-8-5-4-6-11-20-18(21)23-16-17-9-12-19-13-10-17/h4-6,8-10,12-13H,2-3,7,11,14-16H2,1H3,(H,20,21)/b6-4+,8-5+. The van der Waals surface area contributed by atoms with Gasteiger partial charge in [-0.2, -0.15) is 0 Å². The van der Waals surface area contributed by atoms with Gasteiger partial charge in [-0.25, -0.2) is 4.79 Å². The monoisotopic (exact) mass is 318 g/mol. The third-order valence-electron chi connectivity index (χ3n) is 2.97. The fourth-order valence-corrected chi connectivity index (χ4v) is 1.71. The molecule has 1 aromatic heterocycles. The van der Waals surface area contributed by atoms with Crippen molar-refractivity contribution < 1.29 is 14.3 Å². The number of ether oxygens (including phenoxy) is 2. The predicted octanol–water partition coefficient (Wildman–Crippen LogP) is 3.63. The van der Waals surface area contributed by atoms with E-state index in [0.717, 1.165) is 18.6 Å². The highest BCUT2D eigenvalue weighted by Crippen LogP contribution is 1.98. The molecule has 1 amide bonds. The Labute approximate surface area is 138 Å². The minimum atomic E-state index is -0.435. The molecule has 1 aromatic rings. The van der Waals surface area contributed by atoms with Gasteiger partial charge in [0.05, 0.1) is 6.61 Å². The fraction of sp³-hybridized carbons (Fsp3) is 0.444. The van der Waals surface area contributed by atoms with Crippen molar-refractivity contribution in [3.8, 4) is 0 Å². The third kappa shape index (κ3) is 11.1. The van der Waals surface area contributed by atoms with Crippen molar-refractivity contribution >= 4 is 6.09 Å². The lowest BCUT2D eigenvalue weighted by Gasteiger charge is -2.04. The first-order valence-electron chi connectivity index (χ1n) is 8.02. The number of amides is 1. The highest BCUT2D eigenvalue weighted by molar-refractivity contribution is 5.67. The van der Waals surface area contributed by atoms with E-state index in [0.29, 0.717) is 13.2 Å². The van der Waals surface area contributed by atoms with Gasteiger partial charge in [-0.3, -0.25) is 4.98 Å². The number of nitrogens with zero attached hydrogens (tertiary/aromatic N) is 1. The van der Waals surface area contributed by atoms with Crippen molar-refractivity contribution in [3.63, 3.8) is 0 Å². The van der Waals surface area contributed by atoms with Crippen molar-refractivity contribution in [2.45, 2.75) is 32.8 Å². The molecule has 1 rings (SSSR count). The van der Waals surface area contributed by atoms with Crippen molar-refractivity contribution in [2.75, 3.05) is 19.8 Å². The number of hydrogen-bond donors (Lipinski definition) is 1. The van der Waals surface area contributed by atoms with Crippen molar-refractivity contribution in [3.05, 3.63) is 54.4 Å². The summed E-state index contributed by atoms with van der Waals surface area (Å²) < 4.78 is 10.5. The molecule has 0 atom stereocenters. The summed E-state index contributed by atoms with van der Waals surface area (Å²) in [5.41, 5.74) is 0.910. The second-order valence-electron chi connectivity index (χ2n) is 4.95. The Morgan fingerprint density at radius 2 is 2.00 bits per heavy atom. The summed E-state index contributed by atoms with van der Waals surface area (Å²) >= 11 is 0. The predicted molar refractivity (Wildman–Crippen MR) is 91.0 cm³/mol. The molecular formula is C18H26N2O3.